The van der Waals surface area contributed by atoms with E-state index in [2.05, 4.69) is 11.3 Å². The fourth-order valence-electron chi connectivity index (χ4n) is 0.454. The first-order valence-corrected chi connectivity index (χ1v) is 3.23. The zero-order chi connectivity index (χ0) is 8.69. The van der Waals surface area contributed by atoms with Crippen molar-refractivity contribution in [2.24, 2.45) is 0 Å². The molecule has 0 rings (SSSR count). The molecule has 0 atom stereocenters. The van der Waals surface area contributed by atoms with E-state index in [1.54, 1.807) is 0 Å². The summed E-state index contributed by atoms with van der Waals surface area (Å²) in [7, 11) is 4.91. The molecule has 0 aliphatic carbocycles. The molecule has 0 saturated carbocycles. The number of carbonyl (C=O) groups excluding carboxylic acids is 1. The Morgan fingerprint density at radius 3 is 2.73 bits per heavy atom. The standard InChI is InChI=1S/C7H10BO3/c1-2-5-11-7(10)4-3-6(8)9/h2,9H,1,3-5H2. The second-order valence-corrected chi connectivity index (χ2v) is 1.96. The van der Waals surface area contributed by atoms with Crippen molar-refractivity contribution in [3.8, 4) is 0 Å². The second-order valence-electron chi connectivity index (χ2n) is 1.96. The van der Waals surface area contributed by atoms with Crippen LogP contribution in [0.15, 0.2) is 12.7 Å². The molecule has 11 heavy (non-hydrogen) atoms. The number of aliphatic hydroxyl groups excluding tert-OH is 1. The summed E-state index contributed by atoms with van der Waals surface area (Å²) in [4.78, 5) is 10.7. The van der Waals surface area contributed by atoms with Crippen LogP contribution >= 0.6 is 0 Å². The maximum absolute atomic E-state index is 10.7. The van der Waals surface area contributed by atoms with Crippen molar-refractivity contribution in [1.82, 2.24) is 0 Å². The number of ether oxygens (including phenoxy) is 1. The van der Waals surface area contributed by atoms with E-state index in [9.17, 15) is 4.79 Å². The molecule has 0 aliphatic heterocycles. The minimum atomic E-state index is -0.387. The van der Waals surface area contributed by atoms with Gasteiger partial charge in [-0.2, -0.15) is 0 Å². The molecular weight excluding hydrogens is 143 g/mol. The molecule has 0 heterocycles. The Balaban J connectivity index is 3.37. The van der Waals surface area contributed by atoms with Gasteiger partial charge in [0.15, 0.2) is 0 Å². The molecule has 0 aliphatic rings. The van der Waals surface area contributed by atoms with Crippen LogP contribution < -0.4 is 0 Å². The summed E-state index contributed by atoms with van der Waals surface area (Å²) in [6.45, 7) is 3.57. The van der Waals surface area contributed by atoms with Crippen molar-refractivity contribution in [2.45, 2.75) is 12.8 Å². The molecule has 0 saturated heterocycles. The van der Waals surface area contributed by atoms with Crippen molar-refractivity contribution < 1.29 is 14.6 Å². The van der Waals surface area contributed by atoms with Crippen LogP contribution in [0.4, 0.5) is 0 Å². The van der Waals surface area contributed by atoms with Gasteiger partial charge in [0.25, 0.3) is 0 Å². The minimum absolute atomic E-state index is 0.107. The zero-order valence-electron chi connectivity index (χ0n) is 6.25. The molecule has 1 N–H and O–H groups in total. The normalized spacial score (nSPS) is 8.64. The second kappa shape index (κ2) is 5.71. The van der Waals surface area contributed by atoms with E-state index in [1.807, 2.05) is 0 Å². The van der Waals surface area contributed by atoms with Gasteiger partial charge < -0.3 is 0 Å². The zero-order valence-corrected chi connectivity index (χ0v) is 6.25. The molecule has 0 amide bonds. The molecule has 0 spiro atoms. The average molecular weight is 153 g/mol. The summed E-state index contributed by atoms with van der Waals surface area (Å²) in [6, 6.07) is 0. The third kappa shape index (κ3) is 6.83. The van der Waals surface area contributed by atoms with Crippen LogP contribution in [0.3, 0.4) is 0 Å². The SMILES string of the molecule is [B]=C(O)CCC(=O)OCC=C. The van der Waals surface area contributed by atoms with Crippen LogP contribution in [0, 0.1) is 0 Å². The first-order valence-electron chi connectivity index (χ1n) is 3.23. The third-order valence-electron chi connectivity index (χ3n) is 0.947. The summed E-state index contributed by atoms with van der Waals surface area (Å²) < 4.78 is 4.60. The molecule has 1 radical (unpaired) electrons. The van der Waals surface area contributed by atoms with E-state index >= 15 is 0 Å². The summed E-state index contributed by atoms with van der Waals surface area (Å²) in [5.74, 6) is -0.387. The first-order chi connectivity index (χ1) is 5.16. The van der Waals surface area contributed by atoms with Gasteiger partial charge in [0.05, 0.1) is 0 Å². The van der Waals surface area contributed by atoms with Crippen molar-refractivity contribution in [1.29, 1.82) is 0 Å². The van der Waals surface area contributed by atoms with E-state index in [0.717, 1.165) is 0 Å². The molecule has 0 aromatic heterocycles. The van der Waals surface area contributed by atoms with Gasteiger partial charge in [-0.05, 0) is 0 Å². The Labute approximate surface area is 66.7 Å². The van der Waals surface area contributed by atoms with Gasteiger partial charge in [0, 0.05) is 0 Å². The molecule has 0 unspecified atom stereocenters. The summed E-state index contributed by atoms with van der Waals surface area (Å²) in [5, 5.41) is 8.49. The van der Waals surface area contributed by atoms with Gasteiger partial charge in [-0.25, -0.2) is 0 Å². The predicted molar refractivity (Wildman–Crippen MR) is 43.1 cm³/mol. The number of esters is 1. The Morgan fingerprint density at radius 2 is 2.27 bits per heavy atom. The molecular formula is C7H10BO3. The number of carbonyl (C=O) groups is 1. The van der Waals surface area contributed by atoms with Crippen molar-refractivity contribution in [2.75, 3.05) is 6.61 Å². The molecule has 59 valence electrons. The fourth-order valence-corrected chi connectivity index (χ4v) is 0.454. The van der Waals surface area contributed by atoms with Crippen LogP contribution in [0.1, 0.15) is 12.8 Å². The van der Waals surface area contributed by atoms with Crippen LogP contribution in [0.25, 0.3) is 0 Å². The third-order valence-corrected chi connectivity index (χ3v) is 0.947. The van der Waals surface area contributed by atoms with Gasteiger partial charge >= 0.3 is 65.8 Å². The topological polar surface area (TPSA) is 46.5 Å². The Hall–Kier alpha value is -1.06. The molecule has 4 heteroatoms. The van der Waals surface area contributed by atoms with Crippen molar-refractivity contribution >= 4 is 19.1 Å². The predicted octanol–water partition coefficient (Wildman–Crippen LogP) is 0.167. The summed E-state index contributed by atoms with van der Waals surface area (Å²) in [5.41, 5.74) is -0.249. The van der Waals surface area contributed by atoms with E-state index in [-0.39, 0.29) is 31.1 Å². The van der Waals surface area contributed by atoms with Crippen LogP contribution in [0.5, 0.6) is 0 Å². The number of rotatable bonds is 5. The van der Waals surface area contributed by atoms with Gasteiger partial charge in [0.1, 0.15) is 0 Å². The molecule has 0 fully saturated rings. The van der Waals surface area contributed by atoms with Crippen molar-refractivity contribution in [3.05, 3.63) is 12.7 Å². The fraction of sp³-hybridized carbons (Fsp3) is 0.429. The van der Waals surface area contributed by atoms with Gasteiger partial charge in [-0.3, -0.25) is 0 Å². The van der Waals surface area contributed by atoms with Gasteiger partial charge in [0.2, 0.25) is 0 Å². The number of hydrogen-bond acceptors (Lipinski definition) is 3. The molecule has 0 bridgehead atoms. The molecule has 0 aromatic carbocycles. The van der Waals surface area contributed by atoms with E-state index in [4.69, 9.17) is 12.6 Å². The van der Waals surface area contributed by atoms with Crippen LogP contribution in [-0.4, -0.2) is 30.8 Å². The van der Waals surface area contributed by atoms with E-state index in [0.29, 0.717) is 0 Å². The Morgan fingerprint density at radius 1 is 1.64 bits per heavy atom. The monoisotopic (exact) mass is 153 g/mol. The van der Waals surface area contributed by atoms with Crippen LogP contribution in [-0.2, 0) is 9.53 Å². The first kappa shape index (κ1) is 9.94. The summed E-state index contributed by atoms with van der Waals surface area (Å²) >= 11 is 0. The molecule has 0 aromatic rings. The van der Waals surface area contributed by atoms with Gasteiger partial charge in [-0.1, -0.05) is 0 Å². The van der Waals surface area contributed by atoms with Crippen LogP contribution in [0.2, 0.25) is 0 Å². The number of hydrogen-bond donors (Lipinski definition) is 1. The summed E-state index contributed by atoms with van der Waals surface area (Å²) in [6.07, 6.45) is 1.73. The average Bonchev–Trinajstić information content (AvgIpc) is 1.97. The van der Waals surface area contributed by atoms with Crippen molar-refractivity contribution in [3.63, 3.8) is 0 Å². The Bertz CT molecular complexity index is 165. The van der Waals surface area contributed by atoms with E-state index < -0.39 is 0 Å². The molecule has 3 nitrogen and oxygen atoms in total. The quantitative estimate of drug-likeness (QED) is 0.347. The maximum atomic E-state index is 10.7. The van der Waals surface area contributed by atoms with E-state index in [1.165, 1.54) is 6.08 Å². The van der Waals surface area contributed by atoms with Gasteiger partial charge in [-0.15, -0.1) is 0 Å². The Kier molecular flexibility index (Phi) is 5.16. The number of aliphatic hydroxyl groups is 1.